The normalized spacial score (nSPS) is 14.9. The highest BCUT2D eigenvalue weighted by Crippen LogP contribution is 2.35. The number of nitro benzene ring substituents is 1. The zero-order valence-corrected chi connectivity index (χ0v) is 16.2. The molecule has 2 aromatic carbocycles. The minimum absolute atomic E-state index is 0.0745. The maximum atomic E-state index is 12.8. The number of benzene rings is 2. The molecular formula is C22H17N3O5. The minimum atomic E-state index is -0.482. The maximum Gasteiger partial charge on any atom is 0.280 e. The van der Waals surface area contributed by atoms with Gasteiger partial charge in [-0.05, 0) is 43.3 Å². The molecule has 0 unspecified atom stereocenters. The number of amides is 1. The molecule has 8 nitrogen and oxygen atoms in total. The SMILES string of the molecule is COc1ccc([N+](=O)[O-])cc1-c1ccc(C=C2C(=O)N(c3ccccc3)N=C2C)o1. The van der Waals surface area contributed by atoms with Crippen molar-refractivity contribution in [2.75, 3.05) is 12.1 Å². The second-order valence-corrected chi connectivity index (χ2v) is 6.54. The van der Waals surface area contributed by atoms with Gasteiger partial charge in [0.25, 0.3) is 11.6 Å². The quantitative estimate of drug-likeness (QED) is 0.350. The summed E-state index contributed by atoms with van der Waals surface area (Å²) in [6.07, 6.45) is 1.61. The fraction of sp³-hybridized carbons (Fsp3) is 0.0909. The lowest BCUT2D eigenvalue weighted by molar-refractivity contribution is -0.384. The molecule has 1 aliphatic heterocycles. The van der Waals surface area contributed by atoms with E-state index in [2.05, 4.69) is 5.10 Å². The molecule has 30 heavy (non-hydrogen) atoms. The van der Waals surface area contributed by atoms with Gasteiger partial charge < -0.3 is 9.15 Å². The number of nitrogens with zero attached hydrogens (tertiary/aromatic N) is 3. The Labute approximate surface area is 171 Å². The number of para-hydroxylation sites is 1. The number of rotatable bonds is 5. The summed E-state index contributed by atoms with van der Waals surface area (Å²) in [5.74, 6) is 0.998. The Morgan fingerprint density at radius 2 is 1.90 bits per heavy atom. The number of nitro groups is 1. The van der Waals surface area contributed by atoms with Gasteiger partial charge >= 0.3 is 0 Å². The molecule has 0 bridgehead atoms. The van der Waals surface area contributed by atoms with Gasteiger partial charge in [0.1, 0.15) is 17.3 Å². The number of ether oxygens (including phenoxy) is 1. The Bertz CT molecular complexity index is 1190. The fourth-order valence-electron chi connectivity index (χ4n) is 3.15. The standard InChI is InChI=1S/C22H17N3O5/c1-14-18(22(26)24(23-14)15-6-4-3-5-7-15)13-17-9-11-21(30-17)19-12-16(25(27)28)8-10-20(19)29-2/h3-13H,1-2H3. The summed E-state index contributed by atoms with van der Waals surface area (Å²) in [7, 11) is 1.48. The van der Waals surface area contributed by atoms with Crippen LogP contribution in [0.3, 0.4) is 0 Å². The Kier molecular flexibility index (Phi) is 4.89. The van der Waals surface area contributed by atoms with Crippen LogP contribution in [0.25, 0.3) is 17.4 Å². The van der Waals surface area contributed by atoms with Gasteiger partial charge in [-0.25, -0.2) is 0 Å². The number of furan rings is 1. The van der Waals surface area contributed by atoms with E-state index in [1.165, 1.54) is 30.3 Å². The molecule has 0 atom stereocenters. The summed E-state index contributed by atoms with van der Waals surface area (Å²) < 4.78 is 11.1. The van der Waals surface area contributed by atoms with Gasteiger partial charge in [-0.1, -0.05) is 18.2 Å². The van der Waals surface area contributed by atoms with Crippen molar-refractivity contribution in [2.24, 2.45) is 5.10 Å². The number of methoxy groups -OCH3 is 1. The van der Waals surface area contributed by atoms with E-state index in [1.54, 1.807) is 37.3 Å². The van der Waals surface area contributed by atoms with Crippen LogP contribution in [0.5, 0.6) is 5.75 Å². The average Bonchev–Trinajstić information content (AvgIpc) is 3.34. The monoisotopic (exact) mass is 403 g/mol. The molecule has 4 rings (SSSR count). The van der Waals surface area contributed by atoms with Crippen molar-refractivity contribution in [3.63, 3.8) is 0 Å². The number of hydrogen-bond acceptors (Lipinski definition) is 6. The van der Waals surface area contributed by atoms with Gasteiger partial charge in [0.05, 0.1) is 34.6 Å². The smallest absolute Gasteiger partial charge is 0.280 e. The zero-order chi connectivity index (χ0) is 21.3. The van der Waals surface area contributed by atoms with Crippen molar-refractivity contribution in [1.82, 2.24) is 0 Å². The lowest BCUT2D eigenvalue weighted by atomic mass is 10.1. The lowest BCUT2D eigenvalue weighted by Crippen LogP contribution is -2.21. The first kappa shape index (κ1) is 19.1. The number of non-ortho nitro benzene ring substituents is 1. The largest absolute Gasteiger partial charge is 0.496 e. The molecule has 2 heterocycles. The van der Waals surface area contributed by atoms with Crippen molar-refractivity contribution in [1.29, 1.82) is 0 Å². The highest BCUT2D eigenvalue weighted by atomic mass is 16.6. The van der Waals surface area contributed by atoms with E-state index in [-0.39, 0.29) is 11.6 Å². The number of carbonyl (C=O) groups is 1. The summed E-state index contributed by atoms with van der Waals surface area (Å²) in [4.78, 5) is 23.5. The molecule has 1 aromatic heterocycles. The Morgan fingerprint density at radius 3 is 2.60 bits per heavy atom. The highest BCUT2D eigenvalue weighted by Gasteiger charge is 2.29. The molecule has 1 aliphatic rings. The third-order valence-electron chi connectivity index (χ3n) is 4.64. The van der Waals surface area contributed by atoms with Crippen LogP contribution in [0.1, 0.15) is 12.7 Å². The van der Waals surface area contributed by atoms with Crippen molar-refractivity contribution < 1.29 is 18.9 Å². The van der Waals surface area contributed by atoms with Crippen molar-refractivity contribution in [2.45, 2.75) is 6.92 Å². The summed E-state index contributed by atoms with van der Waals surface area (Å²) in [5.41, 5.74) is 2.02. The highest BCUT2D eigenvalue weighted by molar-refractivity contribution is 6.32. The maximum absolute atomic E-state index is 12.8. The lowest BCUT2D eigenvalue weighted by Gasteiger charge is -2.10. The molecule has 0 aliphatic carbocycles. The fourth-order valence-corrected chi connectivity index (χ4v) is 3.15. The Morgan fingerprint density at radius 1 is 1.13 bits per heavy atom. The number of hydrazone groups is 1. The predicted octanol–water partition coefficient (Wildman–Crippen LogP) is 4.67. The van der Waals surface area contributed by atoms with E-state index in [0.717, 1.165) is 0 Å². The number of carbonyl (C=O) groups excluding carboxylic acids is 1. The summed E-state index contributed by atoms with van der Waals surface area (Å²) in [6, 6.07) is 16.8. The first-order valence-corrected chi connectivity index (χ1v) is 9.07. The predicted molar refractivity (Wildman–Crippen MR) is 112 cm³/mol. The van der Waals surface area contributed by atoms with Crippen LogP contribution in [0.2, 0.25) is 0 Å². The van der Waals surface area contributed by atoms with E-state index in [1.807, 2.05) is 18.2 Å². The van der Waals surface area contributed by atoms with E-state index in [0.29, 0.717) is 39.8 Å². The molecule has 0 N–H and O–H groups in total. The molecule has 0 fully saturated rings. The molecule has 0 saturated carbocycles. The molecule has 8 heteroatoms. The van der Waals surface area contributed by atoms with Gasteiger partial charge in [-0.3, -0.25) is 14.9 Å². The van der Waals surface area contributed by atoms with E-state index >= 15 is 0 Å². The zero-order valence-electron chi connectivity index (χ0n) is 16.2. The van der Waals surface area contributed by atoms with Crippen LogP contribution in [0.15, 0.2) is 75.8 Å². The van der Waals surface area contributed by atoms with E-state index in [4.69, 9.17) is 9.15 Å². The summed E-state index contributed by atoms with van der Waals surface area (Å²) >= 11 is 0. The van der Waals surface area contributed by atoms with Gasteiger partial charge in [0.15, 0.2) is 0 Å². The van der Waals surface area contributed by atoms with Crippen LogP contribution in [0.4, 0.5) is 11.4 Å². The van der Waals surface area contributed by atoms with Crippen molar-refractivity contribution in [3.8, 4) is 17.1 Å². The van der Waals surface area contributed by atoms with Crippen molar-refractivity contribution in [3.05, 3.63) is 82.1 Å². The minimum Gasteiger partial charge on any atom is -0.496 e. The number of hydrogen-bond donors (Lipinski definition) is 0. The van der Waals surface area contributed by atoms with E-state index in [9.17, 15) is 14.9 Å². The van der Waals surface area contributed by atoms with Gasteiger partial charge in [-0.2, -0.15) is 10.1 Å². The first-order valence-electron chi connectivity index (χ1n) is 9.07. The average molecular weight is 403 g/mol. The third kappa shape index (κ3) is 3.46. The molecule has 0 radical (unpaired) electrons. The summed E-state index contributed by atoms with van der Waals surface area (Å²) in [6.45, 7) is 1.75. The molecule has 1 amide bonds. The Balaban J connectivity index is 1.67. The van der Waals surface area contributed by atoms with E-state index < -0.39 is 4.92 Å². The second-order valence-electron chi connectivity index (χ2n) is 6.54. The third-order valence-corrected chi connectivity index (χ3v) is 4.64. The topological polar surface area (TPSA) is 98.2 Å². The second kappa shape index (κ2) is 7.67. The van der Waals surface area contributed by atoms with Gasteiger partial charge in [0.2, 0.25) is 0 Å². The molecule has 3 aromatic rings. The number of anilines is 1. The van der Waals surface area contributed by atoms with Crippen molar-refractivity contribution >= 4 is 29.1 Å². The van der Waals surface area contributed by atoms with Crippen LogP contribution in [-0.2, 0) is 4.79 Å². The van der Waals surface area contributed by atoms with Crippen LogP contribution < -0.4 is 9.75 Å². The van der Waals surface area contributed by atoms with Crippen LogP contribution in [-0.4, -0.2) is 23.7 Å². The van der Waals surface area contributed by atoms with Gasteiger partial charge in [-0.15, -0.1) is 0 Å². The molecule has 0 saturated heterocycles. The van der Waals surface area contributed by atoms with Crippen LogP contribution >= 0.6 is 0 Å². The first-order chi connectivity index (χ1) is 14.5. The van der Waals surface area contributed by atoms with Gasteiger partial charge in [0, 0.05) is 12.1 Å². The summed E-state index contributed by atoms with van der Waals surface area (Å²) in [5, 5.41) is 16.8. The molecule has 0 spiro atoms. The molecule has 150 valence electrons. The Hall–Kier alpha value is -4.20. The van der Waals surface area contributed by atoms with Crippen LogP contribution in [0, 0.1) is 10.1 Å². The molecular weight excluding hydrogens is 386 g/mol.